The van der Waals surface area contributed by atoms with Crippen LogP contribution >= 0.6 is 0 Å². The Labute approximate surface area is 112 Å². The van der Waals surface area contributed by atoms with Crippen LogP contribution in [0.2, 0.25) is 0 Å². The van der Waals surface area contributed by atoms with Crippen LogP contribution in [-0.4, -0.2) is 12.0 Å². The summed E-state index contributed by atoms with van der Waals surface area (Å²) in [6.07, 6.45) is 0. The van der Waals surface area contributed by atoms with Gasteiger partial charge in [-0.2, -0.15) is 5.26 Å². The molecule has 7 heteroatoms. The lowest BCUT2D eigenvalue weighted by Crippen LogP contribution is -2.03. The third kappa shape index (κ3) is 2.64. The minimum absolute atomic E-state index is 0.128. The predicted octanol–water partition coefficient (Wildman–Crippen LogP) is 3.16. The Kier molecular flexibility index (Phi) is 3.75. The van der Waals surface area contributed by atoms with Crippen molar-refractivity contribution in [1.82, 2.24) is 4.98 Å². The van der Waals surface area contributed by atoms with E-state index in [1.807, 2.05) is 0 Å². The lowest BCUT2D eigenvalue weighted by Gasteiger charge is -2.09. The molecule has 1 aromatic carbocycles. The molecule has 20 heavy (non-hydrogen) atoms. The first-order valence-electron chi connectivity index (χ1n) is 5.55. The molecule has 2 N–H and O–H groups in total. The number of anilines is 3. The van der Waals surface area contributed by atoms with Gasteiger partial charge in [-0.05, 0) is 18.2 Å². The standard InChI is InChI=1S/C13H9F3N4/c1-18-12-10(15)5-11(16)13(20-12)19-8-2-3-9(14)7(4-8)6-17/h2-5H,1H3,(H2,18,19,20). The van der Waals surface area contributed by atoms with Gasteiger partial charge in [-0.25, -0.2) is 18.2 Å². The molecular formula is C13H9F3N4. The van der Waals surface area contributed by atoms with Crippen molar-refractivity contribution in [3.8, 4) is 6.07 Å². The third-order valence-corrected chi connectivity index (χ3v) is 2.52. The number of benzene rings is 1. The summed E-state index contributed by atoms with van der Waals surface area (Å²) in [6.45, 7) is 0. The Balaban J connectivity index is 2.37. The maximum absolute atomic E-state index is 13.6. The molecular weight excluding hydrogens is 269 g/mol. The van der Waals surface area contributed by atoms with Gasteiger partial charge in [0.2, 0.25) is 0 Å². The number of halogens is 3. The topological polar surface area (TPSA) is 60.7 Å². The van der Waals surface area contributed by atoms with Gasteiger partial charge in [0.25, 0.3) is 0 Å². The molecule has 0 aliphatic rings. The molecule has 2 rings (SSSR count). The van der Waals surface area contributed by atoms with E-state index in [2.05, 4.69) is 15.6 Å². The highest BCUT2D eigenvalue weighted by atomic mass is 19.1. The molecule has 0 unspecified atom stereocenters. The van der Waals surface area contributed by atoms with Gasteiger partial charge in [0, 0.05) is 18.8 Å². The van der Waals surface area contributed by atoms with Gasteiger partial charge in [-0.3, -0.25) is 0 Å². The molecule has 0 atom stereocenters. The van der Waals surface area contributed by atoms with Gasteiger partial charge in [0.15, 0.2) is 23.3 Å². The number of nitrogens with one attached hydrogen (secondary N) is 2. The fourth-order valence-electron chi connectivity index (χ4n) is 1.55. The van der Waals surface area contributed by atoms with Gasteiger partial charge in [0.1, 0.15) is 11.9 Å². The fraction of sp³-hybridized carbons (Fsp3) is 0.0769. The number of hydrogen-bond donors (Lipinski definition) is 2. The van der Waals surface area contributed by atoms with E-state index in [1.165, 1.54) is 19.2 Å². The minimum atomic E-state index is -0.899. The van der Waals surface area contributed by atoms with Crippen LogP contribution in [0.25, 0.3) is 0 Å². The van der Waals surface area contributed by atoms with E-state index in [0.717, 1.165) is 6.07 Å². The molecule has 0 spiro atoms. The van der Waals surface area contributed by atoms with E-state index in [-0.39, 0.29) is 22.9 Å². The largest absolute Gasteiger partial charge is 0.371 e. The van der Waals surface area contributed by atoms with Crippen molar-refractivity contribution in [2.24, 2.45) is 0 Å². The molecule has 0 bridgehead atoms. The van der Waals surface area contributed by atoms with E-state index in [1.54, 1.807) is 6.07 Å². The van der Waals surface area contributed by atoms with Crippen LogP contribution in [-0.2, 0) is 0 Å². The monoisotopic (exact) mass is 278 g/mol. The maximum Gasteiger partial charge on any atom is 0.169 e. The zero-order chi connectivity index (χ0) is 14.7. The van der Waals surface area contributed by atoms with Crippen LogP contribution in [0, 0.1) is 28.8 Å². The lowest BCUT2D eigenvalue weighted by atomic mass is 10.2. The van der Waals surface area contributed by atoms with Crippen LogP contribution in [0.4, 0.5) is 30.5 Å². The third-order valence-electron chi connectivity index (χ3n) is 2.52. The highest BCUT2D eigenvalue weighted by molar-refractivity contribution is 5.61. The summed E-state index contributed by atoms with van der Waals surface area (Å²) in [4.78, 5) is 3.71. The summed E-state index contributed by atoms with van der Waals surface area (Å²) < 4.78 is 40.0. The molecule has 0 fully saturated rings. The zero-order valence-electron chi connectivity index (χ0n) is 10.3. The Bertz CT molecular complexity index is 695. The van der Waals surface area contributed by atoms with E-state index in [0.29, 0.717) is 6.07 Å². The van der Waals surface area contributed by atoms with Crippen LogP contribution < -0.4 is 10.6 Å². The first-order valence-corrected chi connectivity index (χ1v) is 5.55. The number of hydrogen-bond acceptors (Lipinski definition) is 4. The summed E-state index contributed by atoms with van der Waals surface area (Å²) in [7, 11) is 1.44. The first-order chi connectivity index (χ1) is 9.55. The van der Waals surface area contributed by atoms with Crippen molar-refractivity contribution in [3.05, 3.63) is 47.3 Å². The van der Waals surface area contributed by atoms with Crippen molar-refractivity contribution >= 4 is 17.3 Å². The van der Waals surface area contributed by atoms with Crippen molar-refractivity contribution in [3.63, 3.8) is 0 Å². The smallest absolute Gasteiger partial charge is 0.169 e. The van der Waals surface area contributed by atoms with Gasteiger partial charge in [-0.15, -0.1) is 0 Å². The van der Waals surface area contributed by atoms with Crippen molar-refractivity contribution in [2.75, 3.05) is 17.7 Å². The summed E-state index contributed by atoms with van der Waals surface area (Å²) in [6, 6.07) is 5.94. The molecule has 102 valence electrons. The zero-order valence-corrected chi connectivity index (χ0v) is 10.3. The second-order valence-electron chi connectivity index (χ2n) is 3.83. The van der Waals surface area contributed by atoms with Crippen LogP contribution in [0.1, 0.15) is 5.56 Å². The summed E-state index contributed by atoms with van der Waals surface area (Å²) in [5.41, 5.74) is 0.0781. The van der Waals surface area contributed by atoms with Crippen molar-refractivity contribution in [2.45, 2.75) is 0 Å². The highest BCUT2D eigenvalue weighted by Gasteiger charge is 2.12. The second kappa shape index (κ2) is 5.48. The number of nitrogens with zero attached hydrogens (tertiary/aromatic N) is 2. The average molecular weight is 278 g/mol. The van der Waals surface area contributed by atoms with Crippen molar-refractivity contribution in [1.29, 1.82) is 5.26 Å². The molecule has 0 aliphatic heterocycles. The van der Waals surface area contributed by atoms with Gasteiger partial charge < -0.3 is 10.6 Å². The van der Waals surface area contributed by atoms with E-state index >= 15 is 0 Å². The predicted molar refractivity (Wildman–Crippen MR) is 68.1 cm³/mol. The summed E-state index contributed by atoms with van der Waals surface area (Å²) in [5.74, 6) is -2.76. The molecule has 0 amide bonds. The van der Waals surface area contributed by atoms with Gasteiger partial charge >= 0.3 is 0 Å². The SMILES string of the molecule is CNc1nc(Nc2ccc(F)c(C#N)c2)c(F)cc1F. The van der Waals surface area contributed by atoms with Crippen molar-refractivity contribution < 1.29 is 13.2 Å². The molecule has 1 aromatic heterocycles. The molecule has 1 heterocycles. The van der Waals surface area contributed by atoms with E-state index in [4.69, 9.17) is 5.26 Å². The van der Waals surface area contributed by atoms with Crippen LogP contribution in [0.5, 0.6) is 0 Å². The molecule has 0 saturated heterocycles. The molecule has 0 radical (unpaired) electrons. The Morgan fingerprint density at radius 2 is 1.75 bits per heavy atom. The van der Waals surface area contributed by atoms with Crippen LogP contribution in [0.3, 0.4) is 0 Å². The maximum atomic E-state index is 13.6. The van der Waals surface area contributed by atoms with E-state index < -0.39 is 17.5 Å². The Morgan fingerprint density at radius 1 is 1.05 bits per heavy atom. The summed E-state index contributed by atoms with van der Waals surface area (Å²) in [5, 5.41) is 13.8. The van der Waals surface area contributed by atoms with Crippen LogP contribution in [0.15, 0.2) is 24.3 Å². The van der Waals surface area contributed by atoms with Gasteiger partial charge in [0.05, 0.1) is 5.56 Å². The fourth-order valence-corrected chi connectivity index (χ4v) is 1.55. The second-order valence-corrected chi connectivity index (χ2v) is 3.83. The Morgan fingerprint density at radius 3 is 2.40 bits per heavy atom. The lowest BCUT2D eigenvalue weighted by molar-refractivity contribution is 0.580. The van der Waals surface area contributed by atoms with Gasteiger partial charge in [-0.1, -0.05) is 0 Å². The number of rotatable bonds is 3. The summed E-state index contributed by atoms with van der Waals surface area (Å²) >= 11 is 0. The molecule has 4 nitrogen and oxygen atoms in total. The highest BCUT2D eigenvalue weighted by Crippen LogP contribution is 2.23. The molecule has 0 aliphatic carbocycles. The average Bonchev–Trinajstić information content (AvgIpc) is 2.43. The number of pyridine rings is 1. The molecule has 2 aromatic rings. The Hall–Kier alpha value is -2.75. The number of nitriles is 1. The quantitative estimate of drug-likeness (QED) is 0.905. The minimum Gasteiger partial charge on any atom is -0.371 e. The first kappa shape index (κ1) is 13.7. The number of aromatic nitrogens is 1. The van der Waals surface area contributed by atoms with E-state index in [9.17, 15) is 13.2 Å². The normalized spacial score (nSPS) is 9.95. The molecule has 0 saturated carbocycles.